The number of aliphatic imine (C=N–C) groups is 1. The standard InChI is InChI=1S/C18H24N4O2S/c1-13-15(17(23)24-3)11-25-16(13)6-4-5-14-7-9-22(10-8-14)18(20-2)21-12-19/h5,11H,4,6-10H2,1-3H3,(H,20,21). The number of hydrogen-bond donors (Lipinski definition) is 1. The first kappa shape index (κ1) is 19.0. The van der Waals surface area contributed by atoms with Crippen LogP contribution in [-0.4, -0.2) is 44.1 Å². The fourth-order valence-corrected chi connectivity index (χ4v) is 4.01. The van der Waals surface area contributed by atoms with Crippen LogP contribution in [0.25, 0.3) is 0 Å². The lowest BCUT2D eigenvalue weighted by Gasteiger charge is -2.30. The second kappa shape index (κ2) is 9.23. The molecule has 0 atom stereocenters. The van der Waals surface area contributed by atoms with E-state index in [1.165, 1.54) is 17.6 Å². The number of likely N-dealkylation sites (tertiary alicyclic amines) is 1. The molecule has 0 bridgehead atoms. The average Bonchev–Trinajstić information content (AvgIpc) is 3.00. The van der Waals surface area contributed by atoms with Gasteiger partial charge in [-0.05, 0) is 38.2 Å². The largest absolute Gasteiger partial charge is 0.465 e. The van der Waals surface area contributed by atoms with Gasteiger partial charge in [0.2, 0.25) is 5.96 Å². The van der Waals surface area contributed by atoms with Gasteiger partial charge in [-0.1, -0.05) is 11.6 Å². The number of allylic oxidation sites excluding steroid dienone is 1. The molecule has 7 heteroatoms. The van der Waals surface area contributed by atoms with Gasteiger partial charge in [-0.3, -0.25) is 10.3 Å². The number of esters is 1. The van der Waals surface area contributed by atoms with Crippen molar-refractivity contribution in [2.45, 2.75) is 32.6 Å². The Kier molecular flexibility index (Phi) is 7.02. The van der Waals surface area contributed by atoms with Crippen molar-refractivity contribution in [3.63, 3.8) is 0 Å². The van der Waals surface area contributed by atoms with Crippen LogP contribution < -0.4 is 5.32 Å². The summed E-state index contributed by atoms with van der Waals surface area (Å²) < 4.78 is 4.80. The number of methoxy groups -OCH3 is 1. The van der Waals surface area contributed by atoms with E-state index in [-0.39, 0.29) is 5.97 Å². The van der Waals surface area contributed by atoms with E-state index in [1.807, 2.05) is 18.5 Å². The van der Waals surface area contributed by atoms with Crippen LogP contribution in [0.1, 0.15) is 40.1 Å². The number of thiophene rings is 1. The van der Waals surface area contributed by atoms with Crippen LogP contribution in [-0.2, 0) is 11.2 Å². The molecule has 1 aromatic rings. The van der Waals surface area contributed by atoms with E-state index in [0.717, 1.165) is 44.3 Å². The summed E-state index contributed by atoms with van der Waals surface area (Å²) >= 11 is 1.63. The molecule has 1 aliphatic heterocycles. The maximum Gasteiger partial charge on any atom is 0.338 e. The third-order valence-corrected chi connectivity index (χ3v) is 5.58. The van der Waals surface area contributed by atoms with Crippen LogP contribution in [0.2, 0.25) is 0 Å². The van der Waals surface area contributed by atoms with Crippen LogP contribution in [0.5, 0.6) is 0 Å². The van der Waals surface area contributed by atoms with Crippen LogP contribution in [0.4, 0.5) is 0 Å². The van der Waals surface area contributed by atoms with Crippen LogP contribution in [0.15, 0.2) is 22.0 Å². The lowest BCUT2D eigenvalue weighted by molar-refractivity contribution is 0.0600. The summed E-state index contributed by atoms with van der Waals surface area (Å²) in [6.07, 6.45) is 8.14. The van der Waals surface area contributed by atoms with E-state index in [9.17, 15) is 4.79 Å². The molecule has 0 amide bonds. The first-order valence-corrected chi connectivity index (χ1v) is 9.18. The highest BCUT2D eigenvalue weighted by Crippen LogP contribution is 2.25. The fraction of sp³-hybridized carbons (Fsp3) is 0.500. The Labute approximate surface area is 152 Å². The summed E-state index contributed by atoms with van der Waals surface area (Å²) in [5.41, 5.74) is 3.17. The number of piperidine rings is 1. The molecule has 0 aromatic carbocycles. The monoisotopic (exact) mass is 360 g/mol. The van der Waals surface area contributed by atoms with Crippen molar-refractivity contribution in [2.75, 3.05) is 27.2 Å². The van der Waals surface area contributed by atoms with E-state index in [4.69, 9.17) is 10.00 Å². The Bertz CT molecular complexity index is 705. The van der Waals surface area contributed by atoms with Crippen LogP contribution in [0, 0.1) is 18.4 Å². The first-order valence-electron chi connectivity index (χ1n) is 8.30. The summed E-state index contributed by atoms with van der Waals surface area (Å²) in [5.74, 6) is 0.385. The van der Waals surface area contributed by atoms with Gasteiger partial charge in [0.05, 0.1) is 12.7 Å². The second-order valence-electron chi connectivity index (χ2n) is 5.86. The van der Waals surface area contributed by atoms with Gasteiger partial charge in [0.25, 0.3) is 0 Å². The molecule has 0 radical (unpaired) electrons. The van der Waals surface area contributed by atoms with Crippen molar-refractivity contribution in [3.05, 3.63) is 33.0 Å². The van der Waals surface area contributed by atoms with Crippen molar-refractivity contribution >= 4 is 23.3 Å². The fourth-order valence-electron chi connectivity index (χ4n) is 2.96. The Morgan fingerprint density at radius 2 is 2.24 bits per heavy atom. The molecule has 0 aliphatic carbocycles. The van der Waals surface area contributed by atoms with Crippen molar-refractivity contribution in [2.24, 2.45) is 4.99 Å². The molecule has 1 saturated heterocycles. The maximum atomic E-state index is 11.7. The molecule has 1 aromatic heterocycles. The molecular formula is C18H24N4O2S. The van der Waals surface area contributed by atoms with E-state index in [2.05, 4.69) is 21.3 Å². The summed E-state index contributed by atoms with van der Waals surface area (Å²) in [6, 6.07) is 0. The molecule has 6 nitrogen and oxygen atoms in total. The highest BCUT2D eigenvalue weighted by atomic mass is 32.1. The number of ether oxygens (including phenoxy) is 1. The maximum absolute atomic E-state index is 11.7. The molecule has 2 heterocycles. The van der Waals surface area contributed by atoms with E-state index >= 15 is 0 Å². The molecule has 0 spiro atoms. The number of nitriles is 1. The highest BCUT2D eigenvalue weighted by molar-refractivity contribution is 7.10. The summed E-state index contributed by atoms with van der Waals surface area (Å²) in [5, 5.41) is 13.3. The van der Waals surface area contributed by atoms with Gasteiger partial charge in [-0.2, -0.15) is 5.26 Å². The number of rotatable bonds is 4. The molecule has 134 valence electrons. The molecular weight excluding hydrogens is 336 g/mol. The quantitative estimate of drug-likeness (QED) is 0.223. The van der Waals surface area contributed by atoms with E-state index in [1.54, 1.807) is 18.4 Å². The van der Waals surface area contributed by atoms with E-state index in [0.29, 0.717) is 11.5 Å². The van der Waals surface area contributed by atoms with Gasteiger partial charge in [-0.25, -0.2) is 4.79 Å². The van der Waals surface area contributed by atoms with Gasteiger partial charge in [-0.15, -0.1) is 11.3 Å². The van der Waals surface area contributed by atoms with Crippen LogP contribution >= 0.6 is 11.3 Å². The molecule has 0 unspecified atom stereocenters. The Morgan fingerprint density at radius 3 is 2.84 bits per heavy atom. The van der Waals surface area contributed by atoms with Gasteiger partial charge in [0, 0.05) is 30.4 Å². The van der Waals surface area contributed by atoms with Gasteiger partial charge in [0.1, 0.15) is 0 Å². The first-order chi connectivity index (χ1) is 12.1. The lowest BCUT2D eigenvalue weighted by atomic mass is 10.0. The highest BCUT2D eigenvalue weighted by Gasteiger charge is 2.17. The number of nitrogens with one attached hydrogen (secondary N) is 1. The number of nitrogens with zero attached hydrogens (tertiary/aromatic N) is 3. The molecule has 1 N–H and O–H groups in total. The normalized spacial score (nSPS) is 14.9. The Hall–Kier alpha value is -2.33. The number of hydrogen-bond acceptors (Lipinski definition) is 5. The molecule has 1 aliphatic rings. The Morgan fingerprint density at radius 1 is 1.52 bits per heavy atom. The zero-order chi connectivity index (χ0) is 18.2. The topological polar surface area (TPSA) is 77.7 Å². The molecule has 2 rings (SSSR count). The van der Waals surface area contributed by atoms with Crippen molar-refractivity contribution < 1.29 is 9.53 Å². The third-order valence-electron chi connectivity index (χ3n) is 4.44. The van der Waals surface area contributed by atoms with Crippen molar-refractivity contribution in [1.82, 2.24) is 10.2 Å². The minimum atomic E-state index is -0.259. The molecule has 25 heavy (non-hydrogen) atoms. The SMILES string of the molecule is CN=C(NC#N)N1CCC(=CCCc2scc(C(=O)OC)c2C)CC1. The number of carbonyl (C=O) groups excluding carboxylic acids is 1. The minimum Gasteiger partial charge on any atom is -0.465 e. The predicted molar refractivity (Wildman–Crippen MR) is 99.7 cm³/mol. The van der Waals surface area contributed by atoms with Gasteiger partial charge >= 0.3 is 5.97 Å². The number of carbonyl (C=O) groups is 1. The summed E-state index contributed by atoms with van der Waals surface area (Å²) in [6.45, 7) is 3.73. The third kappa shape index (κ3) is 4.83. The van der Waals surface area contributed by atoms with E-state index < -0.39 is 0 Å². The van der Waals surface area contributed by atoms with Crippen LogP contribution in [0.3, 0.4) is 0 Å². The van der Waals surface area contributed by atoms with Crippen molar-refractivity contribution in [1.29, 1.82) is 5.26 Å². The Balaban J connectivity index is 1.86. The molecule has 0 saturated carbocycles. The van der Waals surface area contributed by atoms with Crippen molar-refractivity contribution in [3.8, 4) is 6.19 Å². The average molecular weight is 360 g/mol. The lowest BCUT2D eigenvalue weighted by Crippen LogP contribution is -2.42. The minimum absolute atomic E-state index is 0.259. The smallest absolute Gasteiger partial charge is 0.338 e. The zero-order valence-corrected chi connectivity index (χ0v) is 15.8. The number of aryl methyl sites for hydroxylation is 1. The molecule has 1 fully saturated rings. The van der Waals surface area contributed by atoms with Gasteiger partial charge in [0.15, 0.2) is 6.19 Å². The second-order valence-corrected chi connectivity index (χ2v) is 6.83. The van der Waals surface area contributed by atoms with Gasteiger partial charge < -0.3 is 9.64 Å². The summed E-state index contributed by atoms with van der Waals surface area (Å²) in [4.78, 5) is 19.1. The predicted octanol–water partition coefficient (Wildman–Crippen LogP) is 2.85. The zero-order valence-electron chi connectivity index (χ0n) is 15.0. The number of guanidine groups is 1. The summed E-state index contributed by atoms with van der Waals surface area (Å²) in [7, 11) is 3.10.